The summed E-state index contributed by atoms with van der Waals surface area (Å²) >= 11 is 0. The van der Waals surface area contributed by atoms with Crippen LogP contribution in [0.1, 0.15) is 10.4 Å². The van der Waals surface area contributed by atoms with Gasteiger partial charge in [0.05, 0.1) is 24.7 Å². The Hall–Kier alpha value is -2.86. The molecule has 0 atom stereocenters. The number of ether oxygens (including phenoxy) is 1. The third-order valence-corrected chi connectivity index (χ3v) is 7.76. The normalized spacial score (nSPS) is 18.0. The number of nitrogens with zero attached hydrogens (tertiary/aromatic N) is 3. The third kappa shape index (κ3) is 5.79. The first kappa shape index (κ1) is 24.3. The van der Waals surface area contributed by atoms with Gasteiger partial charge in [-0.1, -0.05) is 6.07 Å². The monoisotopic (exact) mass is 490 g/mol. The van der Waals surface area contributed by atoms with E-state index in [9.17, 15) is 22.4 Å². The number of anilines is 1. The highest BCUT2D eigenvalue weighted by Gasteiger charge is 2.26. The average molecular weight is 491 g/mol. The quantitative estimate of drug-likeness (QED) is 0.654. The van der Waals surface area contributed by atoms with Gasteiger partial charge in [0.1, 0.15) is 5.82 Å². The molecule has 11 heteroatoms. The van der Waals surface area contributed by atoms with Gasteiger partial charge in [-0.15, -0.1) is 0 Å². The molecule has 0 aromatic heterocycles. The molecule has 2 aliphatic heterocycles. The van der Waals surface area contributed by atoms with E-state index < -0.39 is 15.8 Å². The van der Waals surface area contributed by atoms with E-state index >= 15 is 0 Å². The van der Waals surface area contributed by atoms with Crippen LogP contribution in [0, 0.1) is 5.82 Å². The van der Waals surface area contributed by atoms with Crippen molar-refractivity contribution in [3.8, 4) is 0 Å². The zero-order chi connectivity index (χ0) is 24.1. The number of hydrogen-bond donors (Lipinski definition) is 1. The molecule has 0 saturated carbocycles. The van der Waals surface area contributed by atoms with Crippen LogP contribution in [0.15, 0.2) is 53.4 Å². The molecular formula is C23H27FN4O5S. The lowest BCUT2D eigenvalue weighted by molar-refractivity contribution is -0.117. The summed E-state index contributed by atoms with van der Waals surface area (Å²) in [6, 6.07) is 11.7. The van der Waals surface area contributed by atoms with E-state index in [0.717, 1.165) is 0 Å². The van der Waals surface area contributed by atoms with Crippen molar-refractivity contribution in [2.75, 3.05) is 64.3 Å². The Bertz CT molecular complexity index is 1130. The van der Waals surface area contributed by atoms with Crippen LogP contribution in [0.2, 0.25) is 0 Å². The summed E-state index contributed by atoms with van der Waals surface area (Å²) in [5, 5.41) is 2.78. The SMILES string of the molecule is O=C(CN1CCN(C(=O)c2cccc(F)c2)CC1)Nc1ccc(S(=O)(=O)N2CCOCC2)cc1. The largest absolute Gasteiger partial charge is 0.379 e. The van der Waals surface area contributed by atoms with E-state index in [4.69, 9.17) is 4.74 Å². The van der Waals surface area contributed by atoms with E-state index in [0.29, 0.717) is 63.7 Å². The van der Waals surface area contributed by atoms with E-state index in [1.165, 1.54) is 34.6 Å². The molecule has 2 aliphatic rings. The van der Waals surface area contributed by atoms with Crippen molar-refractivity contribution in [1.29, 1.82) is 0 Å². The number of nitrogens with one attached hydrogen (secondary N) is 1. The van der Waals surface area contributed by atoms with Crippen LogP contribution in [-0.4, -0.2) is 93.4 Å². The molecule has 2 heterocycles. The number of morpholine rings is 1. The number of carbonyl (C=O) groups excluding carboxylic acids is 2. The molecule has 0 spiro atoms. The Morgan fingerprint density at radius 3 is 2.26 bits per heavy atom. The van der Waals surface area contributed by atoms with Gasteiger partial charge in [-0.25, -0.2) is 12.8 Å². The summed E-state index contributed by atoms with van der Waals surface area (Å²) < 4.78 is 45.4. The number of rotatable bonds is 6. The van der Waals surface area contributed by atoms with Crippen molar-refractivity contribution in [2.45, 2.75) is 4.90 Å². The smallest absolute Gasteiger partial charge is 0.254 e. The third-order valence-electron chi connectivity index (χ3n) is 5.84. The summed E-state index contributed by atoms with van der Waals surface area (Å²) in [7, 11) is -3.59. The molecule has 0 unspecified atom stereocenters. The number of sulfonamides is 1. The first-order valence-corrected chi connectivity index (χ1v) is 12.5. The molecule has 34 heavy (non-hydrogen) atoms. The second-order valence-electron chi connectivity index (χ2n) is 8.17. The van der Waals surface area contributed by atoms with Gasteiger partial charge in [0.2, 0.25) is 15.9 Å². The summed E-state index contributed by atoms with van der Waals surface area (Å²) in [5.74, 6) is -0.905. The van der Waals surface area contributed by atoms with Crippen LogP contribution in [0.5, 0.6) is 0 Å². The Kier molecular flexibility index (Phi) is 7.57. The van der Waals surface area contributed by atoms with Crippen molar-refractivity contribution in [1.82, 2.24) is 14.1 Å². The molecule has 2 amide bonds. The highest BCUT2D eigenvalue weighted by atomic mass is 32.2. The Balaban J connectivity index is 1.26. The Labute approximate surface area is 198 Å². The minimum absolute atomic E-state index is 0.149. The van der Waals surface area contributed by atoms with Gasteiger partial charge in [-0.05, 0) is 42.5 Å². The molecule has 1 N–H and O–H groups in total. The van der Waals surface area contributed by atoms with E-state index in [1.807, 2.05) is 4.90 Å². The van der Waals surface area contributed by atoms with Crippen LogP contribution in [0.4, 0.5) is 10.1 Å². The molecule has 0 bridgehead atoms. The van der Waals surface area contributed by atoms with Crippen LogP contribution in [0.3, 0.4) is 0 Å². The molecule has 0 aliphatic carbocycles. The van der Waals surface area contributed by atoms with Gasteiger partial charge in [0.25, 0.3) is 5.91 Å². The molecule has 0 radical (unpaired) electrons. The van der Waals surface area contributed by atoms with Gasteiger partial charge in [-0.2, -0.15) is 4.31 Å². The maximum Gasteiger partial charge on any atom is 0.254 e. The zero-order valence-electron chi connectivity index (χ0n) is 18.7. The predicted octanol–water partition coefficient (Wildman–Crippen LogP) is 1.24. The molecule has 2 saturated heterocycles. The van der Waals surface area contributed by atoms with Crippen molar-refractivity contribution in [2.24, 2.45) is 0 Å². The van der Waals surface area contributed by atoms with E-state index in [-0.39, 0.29) is 23.3 Å². The fourth-order valence-corrected chi connectivity index (χ4v) is 5.37. The fourth-order valence-electron chi connectivity index (χ4n) is 3.96. The number of piperazine rings is 1. The summed E-state index contributed by atoms with van der Waals surface area (Å²) in [4.78, 5) is 28.8. The first-order chi connectivity index (χ1) is 16.3. The molecule has 2 aromatic rings. The van der Waals surface area contributed by atoms with Crippen LogP contribution < -0.4 is 5.32 Å². The fraction of sp³-hybridized carbons (Fsp3) is 0.391. The predicted molar refractivity (Wildman–Crippen MR) is 123 cm³/mol. The molecule has 9 nitrogen and oxygen atoms in total. The molecule has 2 fully saturated rings. The number of amides is 2. The lowest BCUT2D eigenvalue weighted by Crippen LogP contribution is -2.50. The van der Waals surface area contributed by atoms with Gasteiger partial charge in [0.15, 0.2) is 0 Å². The number of halogens is 1. The van der Waals surface area contributed by atoms with Crippen molar-refractivity contribution >= 4 is 27.5 Å². The lowest BCUT2D eigenvalue weighted by atomic mass is 10.1. The summed E-state index contributed by atoms with van der Waals surface area (Å²) in [6.07, 6.45) is 0. The number of benzene rings is 2. The molecule has 182 valence electrons. The minimum atomic E-state index is -3.59. The van der Waals surface area contributed by atoms with Gasteiger partial charge >= 0.3 is 0 Å². The average Bonchev–Trinajstić information content (AvgIpc) is 2.85. The van der Waals surface area contributed by atoms with Crippen LogP contribution in [-0.2, 0) is 19.6 Å². The highest BCUT2D eigenvalue weighted by Crippen LogP contribution is 2.19. The Morgan fingerprint density at radius 1 is 0.941 bits per heavy atom. The summed E-state index contributed by atoms with van der Waals surface area (Å²) in [6.45, 7) is 3.46. The maximum atomic E-state index is 13.4. The van der Waals surface area contributed by atoms with Crippen LogP contribution >= 0.6 is 0 Å². The van der Waals surface area contributed by atoms with E-state index in [1.54, 1.807) is 23.1 Å². The maximum absolute atomic E-state index is 13.4. The minimum Gasteiger partial charge on any atom is -0.379 e. The number of carbonyl (C=O) groups is 2. The van der Waals surface area contributed by atoms with Crippen molar-refractivity contribution < 1.29 is 27.1 Å². The Morgan fingerprint density at radius 2 is 1.62 bits per heavy atom. The van der Waals surface area contributed by atoms with Crippen molar-refractivity contribution in [3.63, 3.8) is 0 Å². The lowest BCUT2D eigenvalue weighted by Gasteiger charge is -2.34. The second-order valence-corrected chi connectivity index (χ2v) is 10.1. The first-order valence-electron chi connectivity index (χ1n) is 11.1. The van der Waals surface area contributed by atoms with Gasteiger partial charge in [0, 0.05) is 50.5 Å². The second kappa shape index (κ2) is 10.6. The highest BCUT2D eigenvalue weighted by molar-refractivity contribution is 7.89. The zero-order valence-corrected chi connectivity index (χ0v) is 19.5. The van der Waals surface area contributed by atoms with Crippen LogP contribution in [0.25, 0.3) is 0 Å². The number of hydrogen-bond acceptors (Lipinski definition) is 6. The van der Waals surface area contributed by atoms with Crippen molar-refractivity contribution in [3.05, 3.63) is 59.9 Å². The standard InChI is InChI=1S/C23H27FN4O5S/c24-19-3-1-2-18(16-19)23(30)27-10-8-26(9-11-27)17-22(29)25-20-4-6-21(7-5-20)34(31,32)28-12-14-33-15-13-28/h1-7,16H,8-15,17H2,(H,25,29). The molecule has 2 aromatic carbocycles. The van der Waals surface area contributed by atoms with Gasteiger partial charge < -0.3 is 15.0 Å². The molecule has 4 rings (SSSR count). The molecular weight excluding hydrogens is 463 g/mol. The van der Waals surface area contributed by atoms with Gasteiger partial charge in [-0.3, -0.25) is 14.5 Å². The van der Waals surface area contributed by atoms with E-state index in [2.05, 4.69) is 5.32 Å². The summed E-state index contributed by atoms with van der Waals surface area (Å²) in [5.41, 5.74) is 0.816. The topological polar surface area (TPSA) is 99.3 Å².